The number of carboxylic acid groups (broad SMARTS) is 1. The van der Waals surface area contributed by atoms with E-state index < -0.39 is 5.97 Å². The number of aromatic nitrogens is 3. The third-order valence-corrected chi connectivity index (χ3v) is 4.24. The number of nitrogens with zero attached hydrogens (tertiary/aromatic N) is 3. The van der Waals surface area contributed by atoms with Gasteiger partial charge in [-0.2, -0.15) is 0 Å². The molecule has 1 aromatic carbocycles. The van der Waals surface area contributed by atoms with Gasteiger partial charge >= 0.3 is 5.97 Å². The van der Waals surface area contributed by atoms with Gasteiger partial charge in [0.1, 0.15) is 5.52 Å². The van der Waals surface area contributed by atoms with Crippen molar-refractivity contribution in [1.82, 2.24) is 15.0 Å². The molecule has 1 heterocycles. The van der Waals surface area contributed by atoms with Crippen LogP contribution in [0.4, 0.5) is 0 Å². The lowest BCUT2D eigenvalue weighted by Crippen LogP contribution is -2.19. The number of rotatable bonds is 3. The van der Waals surface area contributed by atoms with Crippen LogP contribution in [0.3, 0.4) is 0 Å². The smallest absolute Gasteiger partial charge is 0.335 e. The Balaban J connectivity index is 1.83. The fraction of sp³-hybridized carbons (Fsp3) is 0.533. The monoisotopic (exact) mass is 273 g/mol. The summed E-state index contributed by atoms with van der Waals surface area (Å²) in [6.07, 6.45) is 5.12. The highest BCUT2D eigenvalue weighted by Gasteiger charge is 2.20. The van der Waals surface area contributed by atoms with E-state index in [1.807, 2.05) is 10.7 Å². The van der Waals surface area contributed by atoms with Gasteiger partial charge in [-0.3, -0.25) is 0 Å². The molecule has 3 rings (SSSR count). The summed E-state index contributed by atoms with van der Waals surface area (Å²) >= 11 is 0. The number of carboxylic acids is 1. The Hall–Kier alpha value is -1.91. The van der Waals surface area contributed by atoms with Gasteiger partial charge in [-0.15, -0.1) is 5.10 Å². The zero-order chi connectivity index (χ0) is 14.1. The largest absolute Gasteiger partial charge is 0.478 e. The van der Waals surface area contributed by atoms with E-state index in [-0.39, 0.29) is 5.56 Å². The van der Waals surface area contributed by atoms with Crippen LogP contribution in [0.15, 0.2) is 18.2 Å². The molecule has 1 aliphatic carbocycles. The molecule has 106 valence electrons. The molecule has 20 heavy (non-hydrogen) atoms. The van der Waals surface area contributed by atoms with Crippen molar-refractivity contribution >= 4 is 17.0 Å². The van der Waals surface area contributed by atoms with Crippen molar-refractivity contribution in [1.29, 1.82) is 0 Å². The lowest BCUT2D eigenvalue weighted by atomic mass is 9.82. The van der Waals surface area contributed by atoms with E-state index in [2.05, 4.69) is 17.2 Å². The highest BCUT2D eigenvalue weighted by atomic mass is 16.4. The van der Waals surface area contributed by atoms with Crippen LogP contribution < -0.4 is 0 Å². The van der Waals surface area contributed by atoms with Gasteiger partial charge in [0.15, 0.2) is 0 Å². The summed E-state index contributed by atoms with van der Waals surface area (Å²) in [5.41, 5.74) is 1.85. The van der Waals surface area contributed by atoms with Crippen molar-refractivity contribution in [3.63, 3.8) is 0 Å². The molecule has 1 fully saturated rings. The van der Waals surface area contributed by atoms with Gasteiger partial charge in [0.2, 0.25) is 0 Å². The first-order valence-electron chi connectivity index (χ1n) is 7.20. The van der Waals surface area contributed by atoms with Gasteiger partial charge < -0.3 is 5.11 Å². The second-order valence-corrected chi connectivity index (χ2v) is 5.92. The van der Waals surface area contributed by atoms with E-state index in [1.54, 1.807) is 12.1 Å². The van der Waals surface area contributed by atoms with E-state index in [4.69, 9.17) is 5.11 Å². The van der Waals surface area contributed by atoms with Gasteiger partial charge in [-0.1, -0.05) is 25.0 Å². The number of carbonyl (C=O) groups is 1. The maximum atomic E-state index is 10.9. The molecule has 0 spiro atoms. The van der Waals surface area contributed by atoms with Crippen LogP contribution in [0.5, 0.6) is 0 Å². The Kier molecular flexibility index (Phi) is 3.42. The van der Waals surface area contributed by atoms with Crippen LogP contribution in [0.25, 0.3) is 11.0 Å². The number of benzene rings is 1. The van der Waals surface area contributed by atoms with Crippen molar-refractivity contribution in [2.45, 2.75) is 39.2 Å². The minimum atomic E-state index is -0.928. The Morgan fingerprint density at radius 3 is 3.05 bits per heavy atom. The van der Waals surface area contributed by atoms with E-state index >= 15 is 0 Å². The molecule has 1 aliphatic rings. The third-order valence-electron chi connectivity index (χ3n) is 4.24. The topological polar surface area (TPSA) is 68.0 Å². The average Bonchev–Trinajstić information content (AvgIpc) is 2.81. The van der Waals surface area contributed by atoms with Gasteiger partial charge in [0.25, 0.3) is 0 Å². The Morgan fingerprint density at radius 2 is 2.30 bits per heavy atom. The molecule has 0 radical (unpaired) electrons. The lowest BCUT2D eigenvalue weighted by Gasteiger charge is -2.26. The molecule has 2 atom stereocenters. The first-order valence-corrected chi connectivity index (χ1v) is 7.20. The van der Waals surface area contributed by atoms with Crippen LogP contribution in [0.2, 0.25) is 0 Å². The Morgan fingerprint density at radius 1 is 1.45 bits per heavy atom. The first-order chi connectivity index (χ1) is 9.63. The normalized spacial score (nSPS) is 23.1. The minimum absolute atomic E-state index is 0.260. The number of hydrogen-bond donors (Lipinski definition) is 1. The fourth-order valence-electron chi connectivity index (χ4n) is 3.21. The molecule has 2 aromatic rings. The minimum Gasteiger partial charge on any atom is -0.478 e. The molecule has 5 nitrogen and oxygen atoms in total. The average molecular weight is 273 g/mol. The summed E-state index contributed by atoms with van der Waals surface area (Å²) in [6, 6.07) is 5.02. The zero-order valence-electron chi connectivity index (χ0n) is 11.6. The lowest BCUT2D eigenvalue weighted by molar-refractivity contribution is 0.0697. The standard InChI is InChI=1S/C15H19N3O2/c1-10-3-2-4-11(7-10)9-18-14-6-5-12(15(19)20)8-13(14)16-17-18/h5-6,8,10-11H,2-4,7,9H2,1H3,(H,19,20). The third kappa shape index (κ3) is 2.53. The molecule has 1 aromatic heterocycles. The summed E-state index contributed by atoms with van der Waals surface area (Å²) < 4.78 is 1.92. The highest BCUT2D eigenvalue weighted by Crippen LogP contribution is 2.30. The first kappa shape index (κ1) is 13.1. The molecule has 5 heteroatoms. The van der Waals surface area contributed by atoms with E-state index in [1.165, 1.54) is 25.7 Å². The van der Waals surface area contributed by atoms with Gasteiger partial charge in [0, 0.05) is 6.54 Å². The fourth-order valence-corrected chi connectivity index (χ4v) is 3.21. The number of fused-ring (bicyclic) bond motifs is 1. The molecule has 1 N–H and O–H groups in total. The van der Waals surface area contributed by atoms with Gasteiger partial charge in [-0.05, 0) is 42.9 Å². The second kappa shape index (κ2) is 5.23. The predicted octanol–water partition coefficient (Wildman–Crippen LogP) is 2.96. The molecule has 0 aliphatic heterocycles. The predicted molar refractivity (Wildman–Crippen MR) is 75.6 cm³/mol. The van der Waals surface area contributed by atoms with Crippen molar-refractivity contribution in [2.24, 2.45) is 11.8 Å². The van der Waals surface area contributed by atoms with Crippen molar-refractivity contribution in [3.05, 3.63) is 23.8 Å². The van der Waals surface area contributed by atoms with Crippen LogP contribution in [0, 0.1) is 11.8 Å². The highest BCUT2D eigenvalue weighted by molar-refractivity contribution is 5.92. The molecular weight excluding hydrogens is 254 g/mol. The summed E-state index contributed by atoms with van der Waals surface area (Å²) in [4.78, 5) is 10.9. The molecule has 2 unspecified atom stereocenters. The Bertz CT molecular complexity index is 635. The summed E-state index contributed by atoms with van der Waals surface area (Å²) in [6.45, 7) is 3.19. The Labute approximate surface area is 117 Å². The van der Waals surface area contributed by atoms with Crippen molar-refractivity contribution < 1.29 is 9.90 Å². The van der Waals surface area contributed by atoms with Crippen LogP contribution in [-0.4, -0.2) is 26.1 Å². The molecular formula is C15H19N3O2. The van der Waals surface area contributed by atoms with E-state index in [9.17, 15) is 4.79 Å². The van der Waals surface area contributed by atoms with Crippen molar-refractivity contribution in [3.8, 4) is 0 Å². The summed E-state index contributed by atoms with van der Waals surface area (Å²) in [5, 5.41) is 17.3. The van der Waals surface area contributed by atoms with Crippen LogP contribution in [-0.2, 0) is 6.54 Å². The van der Waals surface area contributed by atoms with Gasteiger partial charge in [0.05, 0.1) is 11.1 Å². The van der Waals surface area contributed by atoms with Gasteiger partial charge in [-0.25, -0.2) is 9.48 Å². The van der Waals surface area contributed by atoms with Crippen LogP contribution >= 0.6 is 0 Å². The maximum absolute atomic E-state index is 10.9. The zero-order valence-corrected chi connectivity index (χ0v) is 11.6. The molecule has 0 bridgehead atoms. The van der Waals surface area contributed by atoms with Crippen molar-refractivity contribution in [2.75, 3.05) is 0 Å². The van der Waals surface area contributed by atoms with E-state index in [0.717, 1.165) is 18.0 Å². The SMILES string of the molecule is CC1CCCC(Cn2nnc3cc(C(=O)O)ccc32)C1. The summed E-state index contributed by atoms with van der Waals surface area (Å²) in [7, 11) is 0. The second-order valence-electron chi connectivity index (χ2n) is 5.92. The maximum Gasteiger partial charge on any atom is 0.335 e. The molecule has 1 saturated carbocycles. The molecule has 0 amide bonds. The summed E-state index contributed by atoms with van der Waals surface area (Å²) in [5.74, 6) is 0.521. The number of aromatic carboxylic acids is 1. The number of hydrogen-bond acceptors (Lipinski definition) is 3. The molecule has 0 saturated heterocycles. The van der Waals surface area contributed by atoms with E-state index in [0.29, 0.717) is 11.4 Å². The quantitative estimate of drug-likeness (QED) is 0.933. The van der Waals surface area contributed by atoms with Crippen LogP contribution in [0.1, 0.15) is 43.0 Å².